The highest BCUT2D eigenvalue weighted by molar-refractivity contribution is 5.96. The Balaban J connectivity index is 1.84. The average Bonchev–Trinajstić information content (AvgIpc) is 2.86. The van der Waals surface area contributed by atoms with E-state index < -0.39 is 42.3 Å². The molecular formula is C31H38N2O6. The van der Waals surface area contributed by atoms with Gasteiger partial charge in [0.05, 0.1) is 6.54 Å². The van der Waals surface area contributed by atoms with Crippen molar-refractivity contribution >= 4 is 28.7 Å². The van der Waals surface area contributed by atoms with Crippen molar-refractivity contribution in [3.05, 3.63) is 72.3 Å². The van der Waals surface area contributed by atoms with Gasteiger partial charge in [0, 0.05) is 13.0 Å². The lowest BCUT2D eigenvalue weighted by molar-refractivity contribution is -0.157. The molecule has 0 saturated carbocycles. The second-order valence-corrected chi connectivity index (χ2v) is 11.1. The van der Waals surface area contributed by atoms with Crippen LogP contribution in [0, 0.1) is 5.92 Å². The van der Waals surface area contributed by atoms with E-state index in [1.807, 2.05) is 56.3 Å². The van der Waals surface area contributed by atoms with Crippen LogP contribution in [-0.4, -0.2) is 63.9 Å². The normalized spacial score (nSPS) is 13.1. The number of carbonyl (C=O) groups is 3. The van der Waals surface area contributed by atoms with E-state index in [1.54, 1.807) is 20.8 Å². The van der Waals surface area contributed by atoms with Gasteiger partial charge in [-0.15, -0.1) is 0 Å². The molecule has 0 aliphatic carbocycles. The van der Waals surface area contributed by atoms with Gasteiger partial charge in [0.25, 0.3) is 0 Å². The molecule has 0 radical (unpaired) electrons. The summed E-state index contributed by atoms with van der Waals surface area (Å²) < 4.78 is 5.58. The van der Waals surface area contributed by atoms with Crippen LogP contribution in [0.1, 0.15) is 40.2 Å². The summed E-state index contributed by atoms with van der Waals surface area (Å²) in [7, 11) is 0. The van der Waals surface area contributed by atoms with Crippen molar-refractivity contribution < 1.29 is 29.3 Å². The highest BCUT2D eigenvalue weighted by Crippen LogP contribution is 2.29. The molecule has 0 aliphatic heterocycles. The number of aliphatic carboxylic acids is 1. The molecule has 0 bridgehead atoms. The van der Waals surface area contributed by atoms with Crippen molar-refractivity contribution in [2.24, 2.45) is 5.92 Å². The Bertz CT molecular complexity index is 1290. The van der Waals surface area contributed by atoms with Crippen LogP contribution in [-0.2, 0) is 20.7 Å². The van der Waals surface area contributed by atoms with E-state index in [-0.39, 0.29) is 18.9 Å². The molecule has 3 N–H and O–H groups in total. The standard InChI is InChI=1S/C31H38N2O6/c1-20(2)18-33(19-27(34)28(35)36)30(38)32-26(29(37)39-31(3,4)5)17-21-13-15-23(16-14-21)25-12-8-10-22-9-6-7-11-24(22)25/h6-16,20,26-27,34H,17-19H2,1-5H3,(H,32,38)(H,35,36)/t26-,27?/m0/s1. The highest BCUT2D eigenvalue weighted by atomic mass is 16.6. The Hall–Kier alpha value is -3.91. The third-order valence-corrected chi connectivity index (χ3v) is 6.03. The lowest BCUT2D eigenvalue weighted by Crippen LogP contribution is -2.53. The largest absolute Gasteiger partial charge is 0.479 e. The van der Waals surface area contributed by atoms with Crippen molar-refractivity contribution in [3.8, 4) is 11.1 Å². The fourth-order valence-electron chi connectivity index (χ4n) is 4.31. The number of aliphatic hydroxyl groups is 1. The number of carbonyl (C=O) groups excluding carboxylic acids is 2. The van der Waals surface area contributed by atoms with E-state index >= 15 is 0 Å². The highest BCUT2D eigenvalue weighted by Gasteiger charge is 2.30. The molecule has 8 heteroatoms. The minimum Gasteiger partial charge on any atom is -0.479 e. The third-order valence-electron chi connectivity index (χ3n) is 6.03. The molecule has 0 heterocycles. The number of urea groups is 1. The van der Waals surface area contributed by atoms with Crippen LogP contribution in [0.3, 0.4) is 0 Å². The molecule has 0 aromatic heterocycles. The number of hydrogen-bond acceptors (Lipinski definition) is 5. The quantitative estimate of drug-likeness (QED) is 0.320. The van der Waals surface area contributed by atoms with Crippen LogP contribution in [0.5, 0.6) is 0 Å². The predicted molar refractivity (Wildman–Crippen MR) is 151 cm³/mol. The summed E-state index contributed by atoms with van der Waals surface area (Å²) in [5.74, 6) is -2.01. The SMILES string of the molecule is CC(C)CN(CC(O)C(=O)O)C(=O)N[C@@H](Cc1ccc(-c2cccc3ccccc23)cc1)C(=O)OC(C)(C)C. The van der Waals surface area contributed by atoms with Crippen LogP contribution >= 0.6 is 0 Å². The number of benzene rings is 3. The van der Waals surface area contributed by atoms with Gasteiger partial charge < -0.3 is 25.2 Å². The molecule has 0 fully saturated rings. The van der Waals surface area contributed by atoms with Crippen molar-refractivity contribution in [1.82, 2.24) is 10.2 Å². The van der Waals surface area contributed by atoms with E-state index in [1.165, 1.54) is 4.90 Å². The number of hydrogen-bond donors (Lipinski definition) is 3. The first kappa shape index (κ1) is 29.6. The van der Waals surface area contributed by atoms with Gasteiger partial charge in [0.2, 0.25) is 0 Å². The zero-order valence-electron chi connectivity index (χ0n) is 23.2. The monoisotopic (exact) mass is 534 g/mol. The van der Waals surface area contributed by atoms with E-state index in [2.05, 4.69) is 29.6 Å². The molecule has 3 rings (SSSR count). The van der Waals surface area contributed by atoms with Gasteiger partial charge in [-0.1, -0.05) is 80.6 Å². The molecule has 0 spiro atoms. The summed E-state index contributed by atoms with van der Waals surface area (Å²) in [5, 5.41) is 24.0. The number of rotatable bonds is 10. The number of nitrogens with one attached hydrogen (secondary N) is 1. The van der Waals surface area contributed by atoms with E-state index in [0.29, 0.717) is 0 Å². The molecule has 208 valence electrons. The summed E-state index contributed by atoms with van der Waals surface area (Å²) in [6.45, 7) is 8.79. The fourth-order valence-corrected chi connectivity index (χ4v) is 4.31. The van der Waals surface area contributed by atoms with E-state index in [9.17, 15) is 19.5 Å². The maximum absolute atomic E-state index is 13.2. The second kappa shape index (κ2) is 12.8. The van der Waals surface area contributed by atoms with Crippen LogP contribution < -0.4 is 5.32 Å². The number of aliphatic hydroxyl groups excluding tert-OH is 1. The predicted octanol–water partition coefficient (Wildman–Crippen LogP) is 4.87. The van der Waals surface area contributed by atoms with Gasteiger partial charge in [0.15, 0.2) is 6.10 Å². The lowest BCUT2D eigenvalue weighted by atomic mass is 9.96. The Morgan fingerprint density at radius 1 is 0.923 bits per heavy atom. The second-order valence-electron chi connectivity index (χ2n) is 11.1. The molecule has 1 unspecified atom stereocenters. The zero-order chi connectivity index (χ0) is 28.7. The summed E-state index contributed by atoms with van der Waals surface area (Å²) in [6, 6.07) is 20.5. The number of amides is 2. The lowest BCUT2D eigenvalue weighted by Gasteiger charge is -2.29. The summed E-state index contributed by atoms with van der Waals surface area (Å²) >= 11 is 0. The van der Waals surface area contributed by atoms with Gasteiger partial charge in [0.1, 0.15) is 11.6 Å². The molecule has 3 aromatic carbocycles. The fraction of sp³-hybridized carbons (Fsp3) is 0.387. The van der Waals surface area contributed by atoms with Gasteiger partial charge >= 0.3 is 18.0 Å². The Kier molecular flexibility index (Phi) is 9.70. The first-order valence-electron chi connectivity index (χ1n) is 13.1. The van der Waals surface area contributed by atoms with Crippen LogP contribution in [0.25, 0.3) is 21.9 Å². The van der Waals surface area contributed by atoms with Crippen molar-refractivity contribution in [1.29, 1.82) is 0 Å². The smallest absolute Gasteiger partial charge is 0.334 e. The molecule has 2 atom stereocenters. The maximum Gasteiger partial charge on any atom is 0.334 e. The Morgan fingerprint density at radius 2 is 1.56 bits per heavy atom. The zero-order valence-corrected chi connectivity index (χ0v) is 23.2. The first-order valence-corrected chi connectivity index (χ1v) is 13.1. The van der Waals surface area contributed by atoms with Crippen LogP contribution in [0.4, 0.5) is 4.79 Å². The number of ether oxygens (including phenoxy) is 1. The molecule has 3 aromatic rings. The molecule has 8 nitrogen and oxygen atoms in total. The number of nitrogens with zero attached hydrogens (tertiary/aromatic N) is 1. The van der Waals surface area contributed by atoms with Crippen LogP contribution in [0.2, 0.25) is 0 Å². The third kappa shape index (κ3) is 8.55. The minimum absolute atomic E-state index is 0.0123. The number of carboxylic acids is 1. The van der Waals surface area contributed by atoms with Gasteiger partial charge in [-0.2, -0.15) is 0 Å². The summed E-state index contributed by atoms with van der Waals surface area (Å²) in [4.78, 5) is 38.7. The van der Waals surface area contributed by atoms with Crippen molar-refractivity contribution in [3.63, 3.8) is 0 Å². The summed E-state index contributed by atoms with van der Waals surface area (Å²) in [5.41, 5.74) is 2.17. The molecule has 2 amide bonds. The number of carboxylic acid groups (broad SMARTS) is 1. The number of esters is 1. The topological polar surface area (TPSA) is 116 Å². The molecule has 0 aliphatic rings. The average molecular weight is 535 g/mol. The number of fused-ring (bicyclic) bond motifs is 1. The minimum atomic E-state index is -1.74. The van der Waals surface area contributed by atoms with Crippen molar-refractivity contribution in [2.45, 2.75) is 58.8 Å². The Labute approximate surface area is 229 Å². The Morgan fingerprint density at radius 3 is 2.18 bits per heavy atom. The summed E-state index contributed by atoms with van der Waals surface area (Å²) in [6.07, 6.45) is -1.57. The van der Waals surface area contributed by atoms with Gasteiger partial charge in [-0.25, -0.2) is 14.4 Å². The molecular weight excluding hydrogens is 496 g/mol. The van der Waals surface area contributed by atoms with Gasteiger partial charge in [-0.3, -0.25) is 0 Å². The molecule has 0 saturated heterocycles. The van der Waals surface area contributed by atoms with Crippen molar-refractivity contribution in [2.75, 3.05) is 13.1 Å². The first-order chi connectivity index (χ1) is 18.3. The molecule has 39 heavy (non-hydrogen) atoms. The maximum atomic E-state index is 13.2. The van der Waals surface area contributed by atoms with Gasteiger partial charge in [-0.05, 0) is 54.2 Å². The van der Waals surface area contributed by atoms with Crippen LogP contribution in [0.15, 0.2) is 66.7 Å². The van der Waals surface area contributed by atoms with E-state index in [0.717, 1.165) is 27.5 Å². The van der Waals surface area contributed by atoms with E-state index in [4.69, 9.17) is 9.84 Å².